The monoisotopic (exact) mass is 302 g/mol. The third kappa shape index (κ3) is 4.30. The fourth-order valence-electron chi connectivity index (χ4n) is 2.70. The van der Waals surface area contributed by atoms with Crippen molar-refractivity contribution in [1.29, 1.82) is 5.26 Å². The van der Waals surface area contributed by atoms with Crippen LogP contribution in [0.4, 0.5) is 0 Å². The van der Waals surface area contributed by atoms with Crippen molar-refractivity contribution in [3.8, 4) is 6.07 Å². The van der Waals surface area contributed by atoms with Crippen LogP contribution < -0.4 is 5.32 Å². The van der Waals surface area contributed by atoms with Gasteiger partial charge in [0.15, 0.2) is 0 Å². The SMILES string of the molecule is N#CCc1ccccc1CC(=O)NCC1(CO)CCOCC1. The van der Waals surface area contributed by atoms with E-state index in [0.29, 0.717) is 26.2 Å². The van der Waals surface area contributed by atoms with Gasteiger partial charge in [-0.25, -0.2) is 0 Å². The number of ether oxygens (including phenoxy) is 1. The van der Waals surface area contributed by atoms with E-state index in [2.05, 4.69) is 11.4 Å². The molecular weight excluding hydrogens is 280 g/mol. The summed E-state index contributed by atoms with van der Waals surface area (Å²) >= 11 is 0. The zero-order valence-corrected chi connectivity index (χ0v) is 12.7. The molecule has 1 aliphatic heterocycles. The smallest absolute Gasteiger partial charge is 0.224 e. The Morgan fingerprint density at radius 2 is 2.00 bits per heavy atom. The number of nitrogens with one attached hydrogen (secondary N) is 1. The van der Waals surface area contributed by atoms with Gasteiger partial charge in [0.2, 0.25) is 5.91 Å². The number of benzene rings is 1. The topological polar surface area (TPSA) is 82.4 Å². The molecule has 1 fully saturated rings. The number of hydrogen-bond acceptors (Lipinski definition) is 4. The number of carbonyl (C=O) groups is 1. The highest BCUT2D eigenvalue weighted by Gasteiger charge is 2.32. The van der Waals surface area contributed by atoms with E-state index < -0.39 is 0 Å². The summed E-state index contributed by atoms with van der Waals surface area (Å²) in [7, 11) is 0. The van der Waals surface area contributed by atoms with E-state index >= 15 is 0 Å². The summed E-state index contributed by atoms with van der Waals surface area (Å²) in [5, 5.41) is 21.4. The van der Waals surface area contributed by atoms with E-state index in [-0.39, 0.29) is 24.3 Å². The first-order valence-corrected chi connectivity index (χ1v) is 7.58. The minimum Gasteiger partial charge on any atom is -0.396 e. The highest BCUT2D eigenvalue weighted by molar-refractivity contribution is 5.79. The molecule has 1 heterocycles. The third-order valence-corrected chi connectivity index (χ3v) is 4.29. The highest BCUT2D eigenvalue weighted by Crippen LogP contribution is 2.29. The minimum absolute atomic E-state index is 0.0572. The maximum absolute atomic E-state index is 12.2. The van der Waals surface area contributed by atoms with Crippen LogP contribution in [0.3, 0.4) is 0 Å². The first-order valence-electron chi connectivity index (χ1n) is 7.58. The molecule has 118 valence electrons. The molecule has 1 amide bonds. The highest BCUT2D eigenvalue weighted by atomic mass is 16.5. The number of nitriles is 1. The maximum Gasteiger partial charge on any atom is 0.224 e. The van der Waals surface area contributed by atoms with Gasteiger partial charge in [-0.1, -0.05) is 24.3 Å². The largest absolute Gasteiger partial charge is 0.396 e. The summed E-state index contributed by atoms with van der Waals surface area (Å²) in [5.74, 6) is -0.0790. The Kier molecular flexibility index (Phi) is 5.93. The Morgan fingerprint density at radius 3 is 2.64 bits per heavy atom. The molecule has 5 heteroatoms. The standard InChI is InChI=1S/C17H22N2O3/c18-8-5-14-3-1-2-4-15(14)11-16(21)19-12-17(13-20)6-9-22-10-7-17/h1-4,20H,5-7,9-13H2,(H,19,21). The van der Waals surface area contributed by atoms with Crippen molar-refractivity contribution < 1.29 is 14.6 Å². The molecule has 0 spiro atoms. The molecule has 0 saturated carbocycles. The second-order valence-electron chi connectivity index (χ2n) is 5.83. The van der Waals surface area contributed by atoms with Gasteiger partial charge in [-0.3, -0.25) is 4.79 Å². The molecular formula is C17H22N2O3. The van der Waals surface area contributed by atoms with Gasteiger partial charge in [0.25, 0.3) is 0 Å². The Hall–Kier alpha value is -1.90. The van der Waals surface area contributed by atoms with Gasteiger partial charge in [0.1, 0.15) is 0 Å². The predicted octanol–water partition coefficient (Wildman–Crippen LogP) is 1.20. The fourth-order valence-corrected chi connectivity index (χ4v) is 2.70. The van der Waals surface area contributed by atoms with Crippen LogP contribution in [0.1, 0.15) is 24.0 Å². The van der Waals surface area contributed by atoms with Crippen LogP contribution >= 0.6 is 0 Å². The summed E-state index contributed by atoms with van der Waals surface area (Å²) in [4.78, 5) is 12.2. The lowest BCUT2D eigenvalue weighted by atomic mass is 9.81. The molecule has 0 radical (unpaired) electrons. The fraction of sp³-hybridized carbons (Fsp3) is 0.529. The number of aliphatic hydroxyl groups excluding tert-OH is 1. The van der Waals surface area contributed by atoms with E-state index in [9.17, 15) is 9.90 Å². The Balaban J connectivity index is 1.92. The summed E-state index contributed by atoms with van der Waals surface area (Å²) in [6.07, 6.45) is 2.08. The zero-order valence-electron chi connectivity index (χ0n) is 12.7. The number of carbonyl (C=O) groups excluding carboxylic acids is 1. The molecule has 0 unspecified atom stereocenters. The first kappa shape index (κ1) is 16.5. The lowest BCUT2D eigenvalue weighted by Gasteiger charge is -2.35. The molecule has 1 aromatic carbocycles. The van der Waals surface area contributed by atoms with Crippen molar-refractivity contribution in [2.75, 3.05) is 26.4 Å². The number of rotatable bonds is 6. The summed E-state index contributed by atoms with van der Waals surface area (Å²) < 4.78 is 5.32. The van der Waals surface area contributed by atoms with Crippen molar-refractivity contribution in [2.24, 2.45) is 5.41 Å². The Bertz CT molecular complexity index is 545. The predicted molar refractivity (Wildman–Crippen MR) is 82.0 cm³/mol. The number of nitrogens with zero attached hydrogens (tertiary/aromatic N) is 1. The van der Waals surface area contributed by atoms with Crippen molar-refractivity contribution in [3.05, 3.63) is 35.4 Å². The summed E-state index contributed by atoms with van der Waals surface area (Å²) in [6, 6.07) is 9.61. The van der Waals surface area contributed by atoms with E-state index in [1.807, 2.05) is 24.3 Å². The average molecular weight is 302 g/mol. The van der Waals surface area contributed by atoms with Gasteiger partial charge in [0.05, 0.1) is 25.5 Å². The number of amides is 1. The van der Waals surface area contributed by atoms with Crippen LogP contribution in [-0.4, -0.2) is 37.4 Å². The van der Waals surface area contributed by atoms with Gasteiger partial charge in [-0.15, -0.1) is 0 Å². The maximum atomic E-state index is 12.2. The molecule has 2 rings (SSSR count). The molecule has 2 N–H and O–H groups in total. The Morgan fingerprint density at radius 1 is 1.32 bits per heavy atom. The molecule has 5 nitrogen and oxygen atoms in total. The Labute approximate surface area is 130 Å². The van der Waals surface area contributed by atoms with Crippen LogP contribution in [0, 0.1) is 16.7 Å². The minimum atomic E-state index is -0.264. The van der Waals surface area contributed by atoms with E-state index in [1.54, 1.807) is 0 Å². The van der Waals surface area contributed by atoms with Gasteiger partial charge in [0, 0.05) is 25.2 Å². The van der Waals surface area contributed by atoms with Crippen molar-refractivity contribution in [1.82, 2.24) is 5.32 Å². The summed E-state index contributed by atoms with van der Waals surface area (Å²) in [6.45, 7) is 1.77. The lowest BCUT2D eigenvalue weighted by molar-refractivity contribution is -0.121. The average Bonchev–Trinajstić information content (AvgIpc) is 2.56. The van der Waals surface area contributed by atoms with Crippen LogP contribution in [0.15, 0.2) is 24.3 Å². The molecule has 0 bridgehead atoms. The van der Waals surface area contributed by atoms with Gasteiger partial charge < -0.3 is 15.2 Å². The van der Waals surface area contributed by atoms with Crippen LogP contribution in [0.25, 0.3) is 0 Å². The number of hydrogen-bond donors (Lipinski definition) is 2. The van der Waals surface area contributed by atoms with E-state index in [4.69, 9.17) is 10.00 Å². The van der Waals surface area contributed by atoms with Crippen molar-refractivity contribution in [2.45, 2.75) is 25.7 Å². The van der Waals surface area contributed by atoms with Gasteiger partial charge in [-0.2, -0.15) is 5.26 Å². The third-order valence-electron chi connectivity index (χ3n) is 4.29. The van der Waals surface area contributed by atoms with E-state index in [1.165, 1.54) is 0 Å². The van der Waals surface area contributed by atoms with Crippen molar-refractivity contribution in [3.63, 3.8) is 0 Å². The van der Waals surface area contributed by atoms with Gasteiger partial charge >= 0.3 is 0 Å². The van der Waals surface area contributed by atoms with Crippen molar-refractivity contribution >= 4 is 5.91 Å². The molecule has 22 heavy (non-hydrogen) atoms. The summed E-state index contributed by atoms with van der Waals surface area (Å²) in [5.41, 5.74) is 1.51. The normalized spacial score (nSPS) is 16.7. The molecule has 1 aromatic rings. The van der Waals surface area contributed by atoms with Crippen LogP contribution in [0.2, 0.25) is 0 Å². The van der Waals surface area contributed by atoms with Crippen LogP contribution in [-0.2, 0) is 22.4 Å². The zero-order chi connectivity index (χ0) is 15.8. The second kappa shape index (κ2) is 7.92. The van der Waals surface area contributed by atoms with Gasteiger partial charge in [-0.05, 0) is 24.0 Å². The van der Waals surface area contributed by atoms with Crippen LogP contribution in [0.5, 0.6) is 0 Å². The molecule has 0 aliphatic carbocycles. The quantitative estimate of drug-likeness (QED) is 0.827. The molecule has 1 saturated heterocycles. The molecule has 1 aliphatic rings. The second-order valence-corrected chi connectivity index (χ2v) is 5.83. The lowest BCUT2D eigenvalue weighted by Crippen LogP contribution is -2.44. The number of aliphatic hydroxyl groups is 1. The molecule has 0 atom stereocenters. The first-order chi connectivity index (χ1) is 10.7. The molecule has 0 aromatic heterocycles. The van der Waals surface area contributed by atoms with E-state index in [0.717, 1.165) is 24.0 Å².